The normalized spacial score (nSPS) is 23.6. The number of benzene rings is 1. The van der Waals surface area contributed by atoms with Gasteiger partial charge in [0.2, 0.25) is 0 Å². The predicted octanol–water partition coefficient (Wildman–Crippen LogP) is 2.58. The van der Waals surface area contributed by atoms with Crippen molar-refractivity contribution in [1.82, 2.24) is 5.32 Å². The molecule has 0 amide bonds. The van der Waals surface area contributed by atoms with Crippen molar-refractivity contribution in [3.8, 4) is 0 Å². The summed E-state index contributed by atoms with van der Waals surface area (Å²) < 4.78 is 51.4. The Labute approximate surface area is 106 Å². The van der Waals surface area contributed by atoms with Gasteiger partial charge in [0.25, 0.3) is 0 Å². The number of hydrogen-bond acceptors (Lipinski definition) is 2. The molecule has 1 aliphatic rings. The van der Waals surface area contributed by atoms with Crippen LogP contribution in [0.1, 0.15) is 23.6 Å². The number of nitrogens with one attached hydrogen (secondary N) is 1. The van der Waals surface area contributed by atoms with Crippen LogP contribution in [0.25, 0.3) is 0 Å². The van der Waals surface area contributed by atoms with Crippen molar-refractivity contribution < 1.29 is 27.5 Å². The molecule has 2 N–H and O–H groups in total. The zero-order valence-corrected chi connectivity index (χ0v) is 9.67. The summed E-state index contributed by atoms with van der Waals surface area (Å²) in [6.45, 7) is 0.106. The SMILES string of the molecule is O=C(O)C1CNC(c2ccc(F)cc2C(F)(F)F)C1. The van der Waals surface area contributed by atoms with Crippen LogP contribution >= 0.6 is 0 Å². The highest BCUT2D eigenvalue weighted by Gasteiger charge is 2.38. The van der Waals surface area contributed by atoms with Crippen LogP contribution in [0, 0.1) is 11.7 Å². The first-order valence-electron chi connectivity index (χ1n) is 5.62. The number of carboxylic acids is 1. The van der Waals surface area contributed by atoms with E-state index >= 15 is 0 Å². The average molecular weight is 277 g/mol. The van der Waals surface area contributed by atoms with Crippen LogP contribution in [0.4, 0.5) is 17.6 Å². The van der Waals surface area contributed by atoms with Gasteiger partial charge in [-0.25, -0.2) is 4.39 Å². The van der Waals surface area contributed by atoms with Crippen LogP contribution in [0.3, 0.4) is 0 Å². The van der Waals surface area contributed by atoms with Crippen LogP contribution in [-0.2, 0) is 11.0 Å². The van der Waals surface area contributed by atoms with Gasteiger partial charge in [-0.1, -0.05) is 6.07 Å². The third-order valence-electron chi connectivity index (χ3n) is 3.18. The number of carboxylic acid groups (broad SMARTS) is 1. The minimum Gasteiger partial charge on any atom is -0.481 e. The maximum absolute atomic E-state index is 13.0. The van der Waals surface area contributed by atoms with Crippen LogP contribution in [0.5, 0.6) is 0 Å². The summed E-state index contributed by atoms with van der Waals surface area (Å²) in [5.74, 6) is -2.74. The quantitative estimate of drug-likeness (QED) is 0.817. The molecule has 2 unspecified atom stereocenters. The molecule has 1 heterocycles. The van der Waals surface area contributed by atoms with Gasteiger partial charge in [0.15, 0.2) is 0 Å². The lowest BCUT2D eigenvalue weighted by atomic mass is 9.95. The lowest BCUT2D eigenvalue weighted by Gasteiger charge is -2.18. The number of aliphatic carboxylic acids is 1. The van der Waals surface area contributed by atoms with E-state index in [0.717, 1.165) is 12.1 Å². The first-order valence-corrected chi connectivity index (χ1v) is 5.62. The third kappa shape index (κ3) is 2.86. The highest BCUT2D eigenvalue weighted by molar-refractivity contribution is 5.70. The summed E-state index contributed by atoms with van der Waals surface area (Å²) in [5.41, 5.74) is -1.17. The lowest BCUT2D eigenvalue weighted by molar-refractivity contribution is -0.141. The molecule has 0 aromatic heterocycles. The van der Waals surface area contributed by atoms with Gasteiger partial charge < -0.3 is 10.4 Å². The van der Waals surface area contributed by atoms with Crippen molar-refractivity contribution in [2.45, 2.75) is 18.6 Å². The first-order chi connectivity index (χ1) is 8.79. The van der Waals surface area contributed by atoms with Gasteiger partial charge in [0.05, 0.1) is 11.5 Å². The molecular weight excluding hydrogens is 266 g/mol. The standard InChI is InChI=1S/C12H11F4NO2/c13-7-1-2-8(9(4-7)12(14,15)16)10-3-6(5-17-10)11(18)19/h1-2,4,6,10,17H,3,5H2,(H,18,19). The monoisotopic (exact) mass is 277 g/mol. The van der Waals surface area contributed by atoms with E-state index in [0.29, 0.717) is 6.07 Å². The fourth-order valence-electron chi connectivity index (χ4n) is 2.24. The van der Waals surface area contributed by atoms with Crippen LogP contribution in [0.2, 0.25) is 0 Å². The molecule has 2 rings (SSSR count). The van der Waals surface area contributed by atoms with Crippen LogP contribution < -0.4 is 5.32 Å². The molecule has 1 aliphatic heterocycles. The van der Waals surface area contributed by atoms with E-state index in [4.69, 9.17) is 5.11 Å². The molecule has 0 bridgehead atoms. The second kappa shape index (κ2) is 4.80. The Morgan fingerprint density at radius 2 is 2.05 bits per heavy atom. The van der Waals surface area contributed by atoms with Crippen LogP contribution in [0.15, 0.2) is 18.2 Å². The van der Waals surface area contributed by atoms with Crippen molar-refractivity contribution in [2.75, 3.05) is 6.54 Å². The average Bonchev–Trinajstić information content (AvgIpc) is 2.77. The Bertz CT molecular complexity index is 501. The maximum Gasteiger partial charge on any atom is 0.416 e. The molecule has 1 fully saturated rings. The Balaban J connectivity index is 2.33. The fourth-order valence-corrected chi connectivity index (χ4v) is 2.24. The largest absolute Gasteiger partial charge is 0.481 e. The van der Waals surface area contributed by atoms with E-state index in [1.165, 1.54) is 0 Å². The van der Waals surface area contributed by atoms with Crippen molar-refractivity contribution in [3.05, 3.63) is 35.1 Å². The molecule has 3 nitrogen and oxygen atoms in total. The van der Waals surface area contributed by atoms with Crippen molar-refractivity contribution >= 4 is 5.97 Å². The van der Waals surface area contributed by atoms with E-state index in [1.807, 2.05) is 0 Å². The molecule has 0 radical (unpaired) electrons. The van der Waals surface area contributed by atoms with E-state index < -0.39 is 35.5 Å². The molecule has 1 aromatic rings. The minimum absolute atomic E-state index is 0.0596. The van der Waals surface area contributed by atoms with E-state index in [-0.39, 0.29) is 18.5 Å². The molecule has 0 aliphatic carbocycles. The second-order valence-electron chi connectivity index (χ2n) is 4.46. The van der Waals surface area contributed by atoms with Crippen molar-refractivity contribution in [3.63, 3.8) is 0 Å². The maximum atomic E-state index is 13.0. The van der Waals surface area contributed by atoms with Gasteiger partial charge in [-0.15, -0.1) is 0 Å². The molecule has 7 heteroatoms. The summed E-state index contributed by atoms with van der Waals surface area (Å²) in [6, 6.07) is 1.71. The Kier molecular flexibility index (Phi) is 3.49. The molecular formula is C12H11F4NO2. The Morgan fingerprint density at radius 3 is 2.58 bits per heavy atom. The van der Waals surface area contributed by atoms with Gasteiger partial charge in [-0.05, 0) is 24.1 Å². The number of alkyl halides is 3. The second-order valence-corrected chi connectivity index (χ2v) is 4.46. The molecule has 1 aromatic carbocycles. The smallest absolute Gasteiger partial charge is 0.416 e. The summed E-state index contributed by atoms with van der Waals surface area (Å²) >= 11 is 0. The Morgan fingerprint density at radius 1 is 1.37 bits per heavy atom. The molecule has 19 heavy (non-hydrogen) atoms. The van der Waals surface area contributed by atoms with Gasteiger partial charge in [-0.3, -0.25) is 4.79 Å². The zero-order chi connectivity index (χ0) is 14.2. The van der Waals surface area contributed by atoms with Gasteiger partial charge in [-0.2, -0.15) is 13.2 Å². The highest BCUT2D eigenvalue weighted by atomic mass is 19.4. The minimum atomic E-state index is -4.67. The van der Waals surface area contributed by atoms with E-state index in [2.05, 4.69) is 5.32 Å². The summed E-state index contributed by atoms with van der Waals surface area (Å²) in [4.78, 5) is 10.8. The van der Waals surface area contributed by atoms with E-state index in [9.17, 15) is 22.4 Å². The summed E-state index contributed by atoms with van der Waals surface area (Å²) in [6.07, 6.45) is -4.61. The van der Waals surface area contributed by atoms with Crippen molar-refractivity contribution in [2.24, 2.45) is 5.92 Å². The number of rotatable bonds is 2. The van der Waals surface area contributed by atoms with Gasteiger partial charge in [0.1, 0.15) is 5.82 Å². The number of halogens is 4. The predicted molar refractivity (Wildman–Crippen MR) is 57.9 cm³/mol. The van der Waals surface area contributed by atoms with Crippen molar-refractivity contribution in [1.29, 1.82) is 0 Å². The third-order valence-corrected chi connectivity index (χ3v) is 3.18. The lowest BCUT2D eigenvalue weighted by Crippen LogP contribution is -2.19. The van der Waals surface area contributed by atoms with E-state index in [1.54, 1.807) is 0 Å². The van der Waals surface area contributed by atoms with Gasteiger partial charge in [0, 0.05) is 12.6 Å². The number of carbonyl (C=O) groups is 1. The molecule has 1 saturated heterocycles. The Hall–Kier alpha value is -1.63. The zero-order valence-electron chi connectivity index (χ0n) is 9.67. The summed E-state index contributed by atoms with van der Waals surface area (Å²) in [7, 11) is 0. The topological polar surface area (TPSA) is 49.3 Å². The molecule has 0 saturated carbocycles. The fraction of sp³-hybridized carbons (Fsp3) is 0.417. The first kappa shape index (κ1) is 13.8. The van der Waals surface area contributed by atoms with Crippen LogP contribution in [-0.4, -0.2) is 17.6 Å². The molecule has 0 spiro atoms. The molecule has 104 valence electrons. The number of hydrogen-bond donors (Lipinski definition) is 2. The molecule has 2 atom stereocenters. The summed E-state index contributed by atoms with van der Waals surface area (Å²) in [5, 5.41) is 11.6. The highest BCUT2D eigenvalue weighted by Crippen LogP contribution is 2.38. The van der Waals surface area contributed by atoms with Gasteiger partial charge >= 0.3 is 12.1 Å².